The summed E-state index contributed by atoms with van der Waals surface area (Å²) < 4.78 is 0. The van der Waals surface area contributed by atoms with Gasteiger partial charge in [-0.2, -0.15) is 0 Å². The lowest BCUT2D eigenvalue weighted by molar-refractivity contribution is 0.145. The number of nitrogens with zero attached hydrogens (tertiary/aromatic N) is 2. The van der Waals surface area contributed by atoms with Crippen LogP contribution in [-0.2, 0) is 0 Å². The van der Waals surface area contributed by atoms with Crippen LogP contribution in [0, 0.1) is 5.41 Å². The summed E-state index contributed by atoms with van der Waals surface area (Å²) >= 11 is 3.76. The number of rotatable bonds is 5. The molecule has 0 radical (unpaired) electrons. The molecule has 0 aromatic rings. The minimum atomic E-state index is 0.488. The van der Waals surface area contributed by atoms with Gasteiger partial charge >= 0.3 is 0 Å². The summed E-state index contributed by atoms with van der Waals surface area (Å²) in [5.41, 5.74) is 0.488. The molecule has 18 heavy (non-hydrogen) atoms. The molecule has 0 aliphatic carbocycles. The summed E-state index contributed by atoms with van der Waals surface area (Å²) in [5, 5.41) is 1.15. The lowest BCUT2D eigenvalue weighted by Crippen LogP contribution is -2.43. The molecule has 2 bridgehead atoms. The van der Waals surface area contributed by atoms with E-state index in [9.17, 15) is 0 Å². The van der Waals surface area contributed by atoms with Gasteiger partial charge in [-0.15, -0.1) is 0 Å². The molecule has 2 saturated heterocycles. The number of likely N-dealkylation sites (N-methyl/N-ethyl adjacent to an activating group) is 1. The highest BCUT2D eigenvalue weighted by Gasteiger charge is 2.36. The van der Waals surface area contributed by atoms with Gasteiger partial charge in [0.2, 0.25) is 0 Å². The van der Waals surface area contributed by atoms with E-state index in [1.54, 1.807) is 0 Å². The van der Waals surface area contributed by atoms with Crippen molar-refractivity contribution in [1.82, 2.24) is 9.80 Å². The van der Waals surface area contributed by atoms with Gasteiger partial charge in [-0.05, 0) is 51.1 Å². The Morgan fingerprint density at radius 3 is 2.39 bits per heavy atom. The Kier molecular flexibility index (Phi) is 5.13. The molecule has 2 nitrogen and oxygen atoms in total. The number of hydrogen-bond donors (Lipinski definition) is 0. The fourth-order valence-corrected chi connectivity index (χ4v) is 4.67. The molecule has 2 aliphatic heterocycles. The van der Waals surface area contributed by atoms with Crippen LogP contribution < -0.4 is 0 Å². The van der Waals surface area contributed by atoms with Gasteiger partial charge < -0.3 is 4.90 Å². The Bertz CT molecular complexity index is 257. The van der Waals surface area contributed by atoms with E-state index in [1.165, 1.54) is 51.7 Å². The third kappa shape index (κ3) is 2.94. The topological polar surface area (TPSA) is 6.48 Å². The van der Waals surface area contributed by atoms with Gasteiger partial charge in [0.25, 0.3) is 0 Å². The van der Waals surface area contributed by atoms with Crippen molar-refractivity contribution in [3.63, 3.8) is 0 Å². The minimum absolute atomic E-state index is 0.488. The van der Waals surface area contributed by atoms with Gasteiger partial charge in [-0.3, -0.25) is 4.90 Å². The first-order chi connectivity index (χ1) is 8.64. The van der Waals surface area contributed by atoms with E-state index >= 15 is 0 Å². The van der Waals surface area contributed by atoms with Crippen LogP contribution in [0.1, 0.15) is 46.0 Å². The smallest absolute Gasteiger partial charge is 0.0223 e. The van der Waals surface area contributed by atoms with Gasteiger partial charge in [0, 0.05) is 30.5 Å². The highest BCUT2D eigenvalue weighted by Crippen LogP contribution is 2.33. The second kappa shape index (κ2) is 6.23. The number of hydrogen-bond acceptors (Lipinski definition) is 2. The van der Waals surface area contributed by atoms with Crippen LogP contribution in [0.5, 0.6) is 0 Å². The van der Waals surface area contributed by atoms with Crippen molar-refractivity contribution < 1.29 is 0 Å². The zero-order valence-corrected chi connectivity index (χ0v) is 13.9. The molecular formula is C15H29BrN2. The number of likely N-dealkylation sites (tertiary alicyclic amines) is 1. The summed E-state index contributed by atoms with van der Waals surface area (Å²) in [6, 6.07) is 1.68. The van der Waals surface area contributed by atoms with Gasteiger partial charge in [0.15, 0.2) is 0 Å². The molecule has 2 aliphatic rings. The highest BCUT2D eigenvalue weighted by atomic mass is 79.9. The fraction of sp³-hybridized carbons (Fsp3) is 1.00. The SMILES string of the molecule is CCC(CC)(CBr)CN1CCC2CCC(C1)N2C. The molecule has 2 unspecified atom stereocenters. The van der Waals surface area contributed by atoms with E-state index in [0.717, 1.165) is 17.4 Å². The molecule has 2 rings (SSSR count). The van der Waals surface area contributed by atoms with E-state index in [0.29, 0.717) is 5.41 Å². The van der Waals surface area contributed by atoms with E-state index in [-0.39, 0.29) is 0 Å². The minimum Gasteiger partial charge on any atom is -0.301 e. The summed E-state index contributed by atoms with van der Waals surface area (Å²) in [6.07, 6.45) is 6.79. The van der Waals surface area contributed by atoms with Crippen LogP contribution in [0.2, 0.25) is 0 Å². The molecule has 0 N–H and O–H groups in total. The molecule has 0 amide bonds. The fourth-order valence-electron chi connectivity index (χ4n) is 3.70. The lowest BCUT2D eigenvalue weighted by atomic mass is 9.84. The van der Waals surface area contributed by atoms with Crippen molar-refractivity contribution in [2.45, 2.75) is 58.0 Å². The van der Waals surface area contributed by atoms with Crippen LogP contribution in [0.25, 0.3) is 0 Å². The predicted molar refractivity (Wildman–Crippen MR) is 82.4 cm³/mol. The lowest BCUT2D eigenvalue weighted by Gasteiger charge is -2.37. The van der Waals surface area contributed by atoms with Gasteiger partial charge in [-0.1, -0.05) is 29.8 Å². The Morgan fingerprint density at radius 2 is 1.78 bits per heavy atom. The number of alkyl halides is 1. The Morgan fingerprint density at radius 1 is 1.11 bits per heavy atom. The van der Waals surface area contributed by atoms with Gasteiger partial charge in [0.05, 0.1) is 0 Å². The first kappa shape index (κ1) is 14.8. The largest absolute Gasteiger partial charge is 0.301 e. The molecule has 0 aromatic carbocycles. The van der Waals surface area contributed by atoms with Crippen LogP contribution in [0.15, 0.2) is 0 Å². The van der Waals surface area contributed by atoms with E-state index in [1.807, 2.05) is 0 Å². The second-order valence-corrected chi connectivity index (χ2v) is 6.98. The van der Waals surface area contributed by atoms with Crippen molar-refractivity contribution in [2.24, 2.45) is 5.41 Å². The zero-order chi connectivity index (χ0) is 13.2. The maximum Gasteiger partial charge on any atom is 0.0223 e. The first-order valence-electron chi connectivity index (χ1n) is 7.64. The molecule has 106 valence electrons. The summed E-state index contributed by atoms with van der Waals surface area (Å²) in [4.78, 5) is 5.39. The highest BCUT2D eigenvalue weighted by molar-refractivity contribution is 9.09. The third-order valence-electron chi connectivity index (χ3n) is 5.58. The van der Waals surface area contributed by atoms with Crippen molar-refractivity contribution in [1.29, 1.82) is 0 Å². The van der Waals surface area contributed by atoms with Crippen LogP contribution in [0.3, 0.4) is 0 Å². The standard InChI is InChI=1S/C15H29BrN2/c1-4-15(5-2,11-16)12-18-9-8-13-6-7-14(10-18)17(13)3/h13-14H,4-12H2,1-3H3. The van der Waals surface area contributed by atoms with E-state index in [4.69, 9.17) is 0 Å². The second-order valence-electron chi connectivity index (χ2n) is 6.41. The molecular weight excluding hydrogens is 288 g/mol. The van der Waals surface area contributed by atoms with E-state index < -0.39 is 0 Å². The van der Waals surface area contributed by atoms with Crippen LogP contribution >= 0.6 is 15.9 Å². The molecule has 2 fully saturated rings. The normalized spacial score (nSPS) is 30.7. The molecule has 0 spiro atoms. The summed E-state index contributed by atoms with van der Waals surface area (Å²) in [6.45, 7) is 8.58. The average molecular weight is 317 g/mol. The summed E-state index contributed by atoms with van der Waals surface area (Å²) in [7, 11) is 2.34. The molecule has 3 heteroatoms. The maximum absolute atomic E-state index is 3.76. The summed E-state index contributed by atoms with van der Waals surface area (Å²) in [5.74, 6) is 0. The maximum atomic E-state index is 3.76. The molecule has 0 saturated carbocycles. The van der Waals surface area contributed by atoms with Gasteiger partial charge in [0.1, 0.15) is 0 Å². The van der Waals surface area contributed by atoms with Crippen molar-refractivity contribution in [3.8, 4) is 0 Å². The van der Waals surface area contributed by atoms with Gasteiger partial charge in [-0.25, -0.2) is 0 Å². The van der Waals surface area contributed by atoms with Crippen molar-refractivity contribution in [2.75, 3.05) is 32.0 Å². The quantitative estimate of drug-likeness (QED) is 0.718. The number of halogens is 1. The monoisotopic (exact) mass is 316 g/mol. The molecule has 0 aromatic heterocycles. The Hall–Kier alpha value is 0.400. The van der Waals surface area contributed by atoms with Crippen LogP contribution in [0.4, 0.5) is 0 Å². The Labute approximate surface area is 121 Å². The molecule has 2 heterocycles. The molecule has 2 atom stereocenters. The van der Waals surface area contributed by atoms with Crippen molar-refractivity contribution in [3.05, 3.63) is 0 Å². The zero-order valence-electron chi connectivity index (χ0n) is 12.3. The third-order valence-corrected chi connectivity index (χ3v) is 6.76. The number of fused-ring (bicyclic) bond motifs is 2. The van der Waals surface area contributed by atoms with Crippen LogP contribution in [-0.4, -0.2) is 53.9 Å². The van der Waals surface area contributed by atoms with Crippen molar-refractivity contribution >= 4 is 15.9 Å². The predicted octanol–water partition coefficient (Wildman–Crippen LogP) is 3.36. The Balaban J connectivity index is 1.98. The average Bonchev–Trinajstić information content (AvgIpc) is 2.64. The van der Waals surface area contributed by atoms with E-state index in [2.05, 4.69) is 46.6 Å². The first-order valence-corrected chi connectivity index (χ1v) is 8.76.